The Labute approximate surface area is 179 Å². The number of hydrogen-bond donors (Lipinski definition) is 2. The fraction of sp³-hybridized carbons (Fsp3) is 0.435. The van der Waals surface area contributed by atoms with E-state index in [4.69, 9.17) is 0 Å². The van der Waals surface area contributed by atoms with E-state index in [-0.39, 0.29) is 29.8 Å². The molecule has 1 amide bonds. The summed E-state index contributed by atoms with van der Waals surface area (Å²) >= 11 is 3.57. The minimum Gasteiger partial charge on any atom is -0.395 e. The third kappa shape index (κ3) is 3.92. The summed E-state index contributed by atoms with van der Waals surface area (Å²) < 4.78 is 14.8. The van der Waals surface area contributed by atoms with Crippen LogP contribution in [0, 0.1) is 11.2 Å². The number of nitrogens with one attached hydrogen (secondary N) is 1. The number of carbonyl (C=O) groups excluding carboxylic acids is 1. The number of aliphatic hydroxyl groups excluding tert-OH is 1. The lowest BCUT2D eigenvalue weighted by molar-refractivity contribution is -0.127. The fourth-order valence-corrected chi connectivity index (χ4v) is 5.07. The van der Waals surface area contributed by atoms with E-state index in [1.54, 1.807) is 17.0 Å². The summed E-state index contributed by atoms with van der Waals surface area (Å²) in [5, 5.41) is 12.8. The molecule has 154 valence electrons. The van der Waals surface area contributed by atoms with Crippen molar-refractivity contribution < 1.29 is 14.3 Å². The van der Waals surface area contributed by atoms with Crippen LogP contribution >= 0.6 is 15.9 Å². The first-order valence-electron chi connectivity index (χ1n) is 10.2. The second-order valence-corrected chi connectivity index (χ2v) is 8.90. The van der Waals surface area contributed by atoms with Gasteiger partial charge in [-0.25, -0.2) is 4.39 Å². The predicted molar refractivity (Wildman–Crippen MR) is 114 cm³/mol. The van der Waals surface area contributed by atoms with Crippen LogP contribution < -0.4 is 5.32 Å². The molecule has 0 radical (unpaired) electrons. The van der Waals surface area contributed by atoms with Crippen LogP contribution in [0.15, 0.2) is 57.7 Å². The van der Waals surface area contributed by atoms with Crippen LogP contribution in [0.1, 0.15) is 44.2 Å². The van der Waals surface area contributed by atoms with E-state index in [1.807, 2.05) is 25.2 Å². The second-order valence-electron chi connectivity index (χ2n) is 8.04. The molecule has 2 N–H and O–H groups in total. The Morgan fingerprint density at radius 1 is 1.38 bits per heavy atom. The summed E-state index contributed by atoms with van der Waals surface area (Å²) in [6.45, 7) is 2.78. The SMILES string of the molecule is CCN(CCO)C(=O)C1=CCC2=C(C=C1)NC(c1cc(F)ccc1Br)CC21CC1. The number of allylic oxidation sites excluding steroid dienone is 3. The lowest BCUT2D eigenvalue weighted by atomic mass is 9.80. The fourth-order valence-electron chi connectivity index (χ4n) is 4.55. The van der Waals surface area contributed by atoms with Crippen molar-refractivity contribution in [2.24, 2.45) is 5.41 Å². The maximum atomic E-state index is 13.9. The molecule has 1 fully saturated rings. The maximum Gasteiger partial charge on any atom is 0.253 e. The van der Waals surface area contributed by atoms with E-state index in [1.165, 1.54) is 11.6 Å². The van der Waals surface area contributed by atoms with Crippen molar-refractivity contribution in [3.63, 3.8) is 0 Å². The number of nitrogens with zero attached hydrogens (tertiary/aromatic N) is 1. The van der Waals surface area contributed by atoms with Crippen molar-refractivity contribution in [1.29, 1.82) is 0 Å². The second kappa shape index (κ2) is 8.07. The molecular formula is C23H26BrFN2O2. The molecular weight excluding hydrogens is 435 g/mol. The molecule has 1 atom stereocenters. The zero-order chi connectivity index (χ0) is 20.6. The zero-order valence-corrected chi connectivity index (χ0v) is 18.1. The van der Waals surface area contributed by atoms with E-state index in [2.05, 4.69) is 21.2 Å². The summed E-state index contributed by atoms with van der Waals surface area (Å²) in [5.74, 6) is -0.281. The largest absolute Gasteiger partial charge is 0.395 e. The summed E-state index contributed by atoms with van der Waals surface area (Å²) in [6.07, 6.45) is 9.83. The third-order valence-electron chi connectivity index (χ3n) is 6.32. The summed E-state index contributed by atoms with van der Waals surface area (Å²) in [6, 6.07) is 4.86. The topological polar surface area (TPSA) is 52.6 Å². The van der Waals surface area contributed by atoms with E-state index < -0.39 is 0 Å². The van der Waals surface area contributed by atoms with Crippen LogP contribution in [0.3, 0.4) is 0 Å². The Bertz CT molecular complexity index is 917. The Hall–Kier alpha value is -1.92. The molecule has 6 heteroatoms. The normalized spacial score (nSPS) is 21.9. The average molecular weight is 461 g/mol. The average Bonchev–Trinajstić information content (AvgIpc) is 3.50. The number of halogens is 2. The van der Waals surface area contributed by atoms with Crippen LogP contribution in [-0.4, -0.2) is 35.6 Å². The Kier molecular flexibility index (Phi) is 5.67. The molecule has 4 nitrogen and oxygen atoms in total. The molecule has 4 rings (SSSR count). The Balaban J connectivity index is 1.61. The smallest absolute Gasteiger partial charge is 0.253 e. The first-order valence-corrected chi connectivity index (χ1v) is 11.0. The van der Waals surface area contributed by atoms with Crippen molar-refractivity contribution in [3.8, 4) is 0 Å². The number of benzene rings is 1. The standard InChI is InChI=1S/C23H26BrFN2O2/c1-2-27(11-12-28)22(29)15-3-6-18-20(8-4-15)26-21(14-23(18)9-10-23)17-13-16(25)5-7-19(17)24/h3-5,7-8,13,21,26,28H,2,6,9-12,14H2,1H3. The van der Waals surface area contributed by atoms with Gasteiger partial charge in [-0.2, -0.15) is 0 Å². The number of fused-ring (bicyclic) bond motifs is 1. The van der Waals surface area contributed by atoms with Crippen molar-refractivity contribution >= 4 is 21.8 Å². The minimum absolute atomic E-state index is 0.0322. The Morgan fingerprint density at radius 2 is 2.17 bits per heavy atom. The highest BCUT2D eigenvalue weighted by molar-refractivity contribution is 9.10. The first kappa shape index (κ1) is 20.4. The molecule has 1 aliphatic heterocycles. The number of likely N-dealkylation sites (N-methyl/N-ethyl adjacent to an activating group) is 1. The molecule has 2 aliphatic carbocycles. The van der Waals surface area contributed by atoms with Crippen molar-refractivity contribution in [2.45, 2.75) is 38.6 Å². The maximum absolute atomic E-state index is 13.9. The lowest BCUT2D eigenvalue weighted by Crippen LogP contribution is -2.34. The van der Waals surface area contributed by atoms with Gasteiger partial charge in [-0.15, -0.1) is 0 Å². The highest BCUT2D eigenvalue weighted by atomic mass is 79.9. The monoisotopic (exact) mass is 460 g/mol. The number of rotatable bonds is 5. The first-order chi connectivity index (χ1) is 14.0. The van der Waals surface area contributed by atoms with Gasteiger partial charge < -0.3 is 15.3 Å². The van der Waals surface area contributed by atoms with Gasteiger partial charge >= 0.3 is 0 Å². The van der Waals surface area contributed by atoms with Gasteiger partial charge in [0.2, 0.25) is 0 Å². The molecule has 1 saturated carbocycles. The molecule has 0 bridgehead atoms. The van der Waals surface area contributed by atoms with Gasteiger partial charge in [0.1, 0.15) is 5.82 Å². The van der Waals surface area contributed by atoms with Crippen molar-refractivity contribution in [1.82, 2.24) is 10.2 Å². The minimum atomic E-state index is -0.232. The zero-order valence-electron chi connectivity index (χ0n) is 16.5. The molecule has 1 aromatic rings. The summed E-state index contributed by atoms with van der Waals surface area (Å²) in [4.78, 5) is 14.5. The van der Waals surface area contributed by atoms with Crippen molar-refractivity contribution in [2.75, 3.05) is 19.7 Å². The summed E-state index contributed by atoms with van der Waals surface area (Å²) in [5.41, 5.74) is 4.15. The van der Waals surface area contributed by atoms with Crippen LogP contribution in [0.4, 0.5) is 4.39 Å². The molecule has 1 spiro atoms. The molecule has 1 heterocycles. The van der Waals surface area contributed by atoms with E-state index in [9.17, 15) is 14.3 Å². The van der Waals surface area contributed by atoms with E-state index in [0.29, 0.717) is 18.7 Å². The molecule has 29 heavy (non-hydrogen) atoms. The number of aliphatic hydroxyl groups is 1. The van der Waals surface area contributed by atoms with Crippen molar-refractivity contribution in [3.05, 3.63) is 69.1 Å². The van der Waals surface area contributed by atoms with Gasteiger partial charge in [0.25, 0.3) is 5.91 Å². The predicted octanol–water partition coefficient (Wildman–Crippen LogP) is 4.38. The van der Waals surface area contributed by atoms with Gasteiger partial charge in [-0.05, 0) is 79.5 Å². The number of hydrogen-bond acceptors (Lipinski definition) is 3. The van der Waals surface area contributed by atoms with Gasteiger partial charge in [0, 0.05) is 28.8 Å². The molecule has 1 aromatic carbocycles. The van der Waals surface area contributed by atoms with Gasteiger partial charge in [-0.1, -0.05) is 22.0 Å². The molecule has 0 saturated heterocycles. The third-order valence-corrected chi connectivity index (χ3v) is 7.04. The number of carbonyl (C=O) groups is 1. The molecule has 1 unspecified atom stereocenters. The molecule has 3 aliphatic rings. The van der Waals surface area contributed by atoms with Gasteiger partial charge in [-0.3, -0.25) is 4.79 Å². The van der Waals surface area contributed by atoms with Crippen LogP contribution in [-0.2, 0) is 4.79 Å². The van der Waals surface area contributed by atoms with E-state index >= 15 is 0 Å². The quantitative estimate of drug-likeness (QED) is 0.685. The van der Waals surface area contributed by atoms with E-state index in [0.717, 1.165) is 41.4 Å². The highest BCUT2D eigenvalue weighted by Gasteiger charge is 2.50. The van der Waals surface area contributed by atoms with Crippen LogP contribution in [0.2, 0.25) is 0 Å². The number of amides is 1. The summed E-state index contributed by atoms with van der Waals surface area (Å²) in [7, 11) is 0. The van der Waals surface area contributed by atoms with Crippen LogP contribution in [0.5, 0.6) is 0 Å². The lowest BCUT2D eigenvalue weighted by Gasteiger charge is -2.35. The van der Waals surface area contributed by atoms with Gasteiger partial charge in [0.15, 0.2) is 0 Å². The Morgan fingerprint density at radius 3 is 2.86 bits per heavy atom. The van der Waals surface area contributed by atoms with Crippen LogP contribution in [0.25, 0.3) is 0 Å². The van der Waals surface area contributed by atoms with Gasteiger partial charge in [0.05, 0.1) is 12.6 Å². The molecule has 0 aromatic heterocycles. The highest BCUT2D eigenvalue weighted by Crippen LogP contribution is 2.61.